The third-order valence-corrected chi connectivity index (χ3v) is 10.8. The predicted molar refractivity (Wildman–Crippen MR) is 170 cm³/mol. The van der Waals surface area contributed by atoms with E-state index in [4.69, 9.17) is 25.2 Å². The van der Waals surface area contributed by atoms with Crippen molar-refractivity contribution in [2.75, 3.05) is 51.0 Å². The maximum Gasteiger partial charge on any atom is 0.318 e. The molecule has 2 saturated heterocycles. The average Bonchev–Trinajstić information content (AvgIpc) is 3.66. The first kappa shape index (κ1) is 29.6. The van der Waals surface area contributed by atoms with Gasteiger partial charge in [-0.15, -0.1) is 0 Å². The fourth-order valence-corrected chi connectivity index (χ4v) is 8.54. The van der Waals surface area contributed by atoms with Crippen LogP contribution in [0.4, 0.5) is 15.9 Å². The molecule has 2 N–H and O–H groups in total. The number of hydrogen-bond donors (Lipinski definition) is 1. The number of amides is 1. The molecule has 5 aliphatic rings. The van der Waals surface area contributed by atoms with E-state index in [1.807, 2.05) is 16.8 Å². The van der Waals surface area contributed by atoms with Crippen molar-refractivity contribution in [1.82, 2.24) is 29.5 Å². The summed E-state index contributed by atoms with van der Waals surface area (Å²) in [5, 5.41) is 4.63. The Labute approximate surface area is 268 Å². The van der Waals surface area contributed by atoms with Crippen LogP contribution < -0.4 is 15.4 Å². The van der Waals surface area contributed by atoms with E-state index >= 15 is 0 Å². The van der Waals surface area contributed by atoms with Gasteiger partial charge in [0.2, 0.25) is 0 Å². The van der Waals surface area contributed by atoms with Crippen LogP contribution in [0.25, 0.3) is 0 Å². The number of nitrogens with two attached hydrogens (primary N) is 1. The Morgan fingerprint density at radius 1 is 1.15 bits per heavy atom. The van der Waals surface area contributed by atoms with E-state index in [2.05, 4.69) is 27.0 Å². The number of aromatic nitrogens is 4. The van der Waals surface area contributed by atoms with Crippen molar-refractivity contribution in [3.05, 3.63) is 58.0 Å². The third-order valence-electron chi connectivity index (χ3n) is 10.8. The van der Waals surface area contributed by atoms with Crippen molar-refractivity contribution in [2.45, 2.75) is 88.4 Å². The van der Waals surface area contributed by atoms with Crippen molar-refractivity contribution >= 4 is 17.4 Å². The summed E-state index contributed by atoms with van der Waals surface area (Å²) >= 11 is 0. The van der Waals surface area contributed by atoms with Crippen molar-refractivity contribution in [2.24, 2.45) is 0 Å². The third kappa shape index (κ3) is 5.00. The quantitative estimate of drug-likeness (QED) is 0.422. The molecular formula is C34H43FN8O3. The minimum Gasteiger partial charge on any atom is -0.461 e. The number of carbonyl (C=O) groups is 1. The summed E-state index contributed by atoms with van der Waals surface area (Å²) in [6.45, 7) is 4.14. The van der Waals surface area contributed by atoms with Gasteiger partial charge in [-0.1, -0.05) is 6.07 Å². The van der Waals surface area contributed by atoms with Gasteiger partial charge < -0.3 is 25.0 Å². The van der Waals surface area contributed by atoms with E-state index in [1.165, 1.54) is 5.56 Å². The van der Waals surface area contributed by atoms with Gasteiger partial charge in [0.15, 0.2) is 5.69 Å². The summed E-state index contributed by atoms with van der Waals surface area (Å²) in [5.74, 6) is 0.682. The normalized spacial score (nSPS) is 27.1. The number of anilines is 2. The molecule has 6 heterocycles. The zero-order valence-corrected chi connectivity index (χ0v) is 26.8. The van der Waals surface area contributed by atoms with Gasteiger partial charge in [-0.05, 0) is 74.4 Å². The van der Waals surface area contributed by atoms with Gasteiger partial charge in [0, 0.05) is 57.8 Å². The summed E-state index contributed by atoms with van der Waals surface area (Å²) in [6, 6.07) is 8.40. The molecule has 46 heavy (non-hydrogen) atoms. The molecule has 0 bridgehead atoms. The number of aryl methyl sites for hydroxylation is 2. The first-order valence-electron chi connectivity index (χ1n) is 16.7. The van der Waals surface area contributed by atoms with Crippen molar-refractivity contribution in [3.8, 4) is 6.01 Å². The van der Waals surface area contributed by atoms with Crippen molar-refractivity contribution < 1.29 is 18.7 Å². The molecule has 0 saturated carbocycles. The van der Waals surface area contributed by atoms with E-state index in [-0.39, 0.29) is 11.4 Å². The highest BCUT2D eigenvalue weighted by Gasteiger charge is 2.50. The van der Waals surface area contributed by atoms with Gasteiger partial charge in [-0.25, -0.2) is 4.39 Å². The SMILES string of the molecule is CN(C)C(=O)c1cc2n(n1)CCCN(c1nc(OC[C@@]34CCCN3C[C@H](F)C4)nc3c1CO[C@@]1(CCCc4ccc(N)cc41)C3)C2. The minimum absolute atomic E-state index is 0.114. The fourth-order valence-electron chi connectivity index (χ4n) is 8.54. The van der Waals surface area contributed by atoms with Crippen LogP contribution in [0.2, 0.25) is 0 Å². The number of nitrogens with zero attached hydrogens (tertiary/aromatic N) is 7. The topological polar surface area (TPSA) is 115 Å². The molecule has 244 valence electrons. The zero-order chi connectivity index (χ0) is 31.6. The number of hydrogen-bond acceptors (Lipinski definition) is 9. The van der Waals surface area contributed by atoms with Crippen LogP contribution in [0, 0.1) is 0 Å². The molecule has 3 atom stereocenters. The molecule has 1 amide bonds. The van der Waals surface area contributed by atoms with Gasteiger partial charge in [0.05, 0.1) is 35.7 Å². The van der Waals surface area contributed by atoms with Crippen LogP contribution in [0.3, 0.4) is 0 Å². The van der Waals surface area contributed by atoms with Crippen LogP contribution >= 0.6 is 0 Å². The van der Waals surface area contributed by atoms with Gasteiger partial charge in [0.25, 0.3) is 5.91 Å². The van der Waals surface area contributed by atoms with Crippen molar-refractivity contribution in [3.63, 3.8) is 0 Å². The second-order valence-electron chi connectivity index (χ2n) is 14.1. The highest BCUT2D eigenvalue weighted by Crippen LogP contribution is 2.47. The lowest BCUT2D eigenvalue weighted by molar-refractivity contribution is -0.0855. The molecule has 1 aliphatic carbocycles. The molecule has 3 aromatic rings. The summed E-state index contributed by atoms with van der Waals surface area (Å²) in [4.78, 5) is 28.9. The summed E-state index contributed by atoms with van der Waals surface area (Å²) in [5.41, 5.74) is 12.0. The lowest BCUT2D eigenvalue weighted by atomic mass is 9.74. The summed E-state index contributed by atoms with van der Waals surface area (Å²) < 4.78 is 29.8. The second-order valence-corrected chi connectivity index (χ2v) is 14.1. The largest absolute Gasteiger partial charge is 0.461 e. The van der Waals surface area contributed by atoms with E-state index < -0.39 is 11.8 Å². The first-order valence-corrected chi connectivity index (χ1v) is 16.7. The van der Waals surface area contributed by atoms with Crippen LogP contribution in [-0.2, 0) is 42.9 Å². The number of rotatable bonds is 5. The highest BCUT2D eigenvalue weighted by atomic mass is 19.1. The van der Waals surface area contributed by atoms with Gasteiger partial charge in [0.1, 0.15) is 18.6 Å². The molecule has 12 heteroatoms. The molecule has 2 aromatic heterocycles. The molecular weight excluding hydrogens is 587 g/mol. The minimum atomic E-state index is -0.828. The lowest BCUT2D eigenvalue weighted by Gasteiger charge is -2.43. The van der Waals surface area contributed by atoms with E-state index in [1.54, 1.807) is 19.0 Å². The Kier molecular flexibility index (Phi) is 7.20. The lowest BCUT2D eigenvalue weighted by Crippen LogP contribution is -2.44. The maximum absolute atomic E-state index is 14.6. The first-order chi connectivity index (χ1) is 22.2. The fraction of sp³-hybridized carbons (Fsp3) is 0.588. The van der Waals surface area contributed by atoms with E-state index in [0.717, 1.165) is 85.6 Å². The Hall–Kier alpha value is -3.77. The predicted octanol–water partition coefficient (Wildman–Crippen LogP) is 3.63. The summed E-state index contributed by atoms with van der Waals surface area (Å²) in [6.07, 6.45) is 5.99. The maximum atomic E-state index is 14.6. The second kappa shape index (κ2) is 11.2. The number of benzene rings is 1. The number of ether oxygens (including phenoxy) is 2. The molecule has 4 aliphatic heterocycles. The standard InChI is InChI=1S/C34H43FN8O3/c1-40(2)31(44)28-15-25-19-41(11-5-13-43(25)39-28)30-26-20-46-34(10-3-6-22-7-8-24(36)14-27(22)34)17-29(26)37-32(38-30)45-21-33-9-4-12-42(33)18-23(35)16-33/h7-8,14-15,23H,3-6,9-13,16-21,36H2,1-2H3/t23-,33+,34+/m1/s1. The van der Waals surface area contributed by atoms with Crippen LogP contribution in [0.15, 0.2) is 24.3 Å². The van der Waals surface area contributed by atoms with Crippen molar-refractivity contribution in [1.29, 1.82) is 0 Å². The Bertz CT molecular complexity index is 1680. The average molecular weight is 631 g/mol. The van der Waals surface area contributed by atoms with E-state index in [9.17, 15) is 9.18 Å². The Balaban J connectivity index is 1.16. The smallest absolute Gasteiger partial charge is 0.318 e. The number of halogens is 1. The molecule has 0 unspecified atom stereocenters. The molecule has 11 nitrogen and oxygen atoms in total. The molecule has 1 spiro atoms. The molecule has 1 aromatic carbocycles. The van der Waals surface area contributed by atoms with Crippen LogP contribution in [0.1, 0.15) is 77.1 Å². The highest BCUT2D eigenvalue weighted by molar-refractivity contribution is 5.92. The number of fused-ring (bicyclic) bond motifs is 5. The Morgan fingerprint density at radius 3 is 2.91 bits per heavy atom. The molecule has 8 rings (SSSR count). The zero-order valence-electron chi connectivity index (χ0n) is 26.8. The number of carbonyl (C=O) groups excluding carboxylic acids is 1. The number of alkyl halides is 1. The molecule has 2 fully saturated rings. The van der Waals surface area contributed by atoms with Gasteiger partial charge in [-0.3, -0.25) is 14.4 Å². The Morgan fingerprint density at radius 2 is 2.04 bits per heavy atom. The van der Waals surface area contributed by atoms with Crippen LogP contribution in [-0.4, -0.2) is 87.5 Å². The monoisotopic (exact) mass is 630 g/mol. The van der Waals surface area contributed by atoms with Gasteiger partial charge >= 0.3 is 6.01 Å². The van der Waals surface area contributed by atoms with E-state index in [0.29, 0.717) is 57.4 Å². The summed E-state index contributed by atoms with van der Waals surface area (Å²) in [7, 11) is 3.48. The molecule has 0 radical (unpaired) electrons. The van der Waals surface area contributed by atoms with Gasteiger partial charge in [-0.2, -0.15) is 15.1 Å². The number of nitrogen functional groups attached to an aromatic ring is 1. The van der Waals surface area contributed by atoms with Crippen LogP contribution in [0.5, 0.6) is 6.01 Å².